The smallest absolute Gasteiger partial charge is 0.338 e. The molecule has 2 heterocycles. The van der Waals surface area contributed by atoms with Gasteiger partial charge in [-0.05, 0) is 61.8 Å². The average Bonchev–Trinajstić information content (AvgIpc) is 3.40. The number of likely N-dealkylation sites (tertiary alicyclic amines) is 1. The molecule has 4 rings (SSSR count). The van der Waals surface area contributed by atoms with Gasteiger partial charge in [0.2, 0.25) is 10.0 Å². The van der Waals surface area contributed by atoms with Crippen LogP contribution in [-0.4, -0.2) is 62.3 Å². The molecule has 0 spiro atoms. The zero-order chi connectivity index (χ0) is 24.1. The van der Waals surface area contributed by atoms with Crippen LogP contribution in [0.4, 0.5) is 0 Å². The Hall–Kier alpha value is -2.42. The summed E-state index contributed by atoms with van der Waals surface area (Å²) in [5.74, 6) is -0.466. The number of sulfonamides is 1. The van der Waals surface area contributed by atoms with E-state index in [0.717, 1.165) is 32.1 Å². The lowest BCUT2D eigenvalue weighted by Gasteiger charge is -2.32. The molecule has 2 aromatic rings. The van der Waals surface area contributed by atoms with Crippen molar-refractivity contribution in [2.24, 2.45) is 5.92 Å². The molecule has 9 heteroatoms. The van der Waals surface area contributed by atoms with Gasteiger partial charge in [0.25, 0.3) is 5.91 Å². The highest BCUT2D eigenvalue weighted by atomic mass is 35.5. The largest absolute Gasteiger partial charge is 0.452 e. The summed E-state index contributed by atoms with van der Waals surface area (Å²) in [6, 6.07) is 14.3. The highest BCUT2D eigenvalue weighted by Gasteiger charge is 2.30. The molecule has 7 nitrogen and oxygen atoms in total. The Bertz CT molecular complexity index is 1130. The number of esters is 1. The molecule has 0 radical (unpaired) electrons. The quantitative estimate of drug-likeness (QED) is 0.536. The average molecular weight is 505 g/mol. The third kappa shape index (κ3) is 5.79. The molecular weight excluding hydrogens is 476 g/mol. The summed E-state index contributed by atoms with van der Waals surface area (Å²) in [6.07, 6.45) is 4.40. The van der Waals surface area contributed by atoms with E-state index < -0.39 is 16.0 Å². The van der Waals surface area contributed by atoms with Crippen LogP contribution in [0.25, 0.3) is 0 Å². The molecule has 0 aliphatic carbocycles. The lowest BCUT2D eigenvalue weighted by molar-refractivity contribution is -0.135. The second kappa shape index (κ2) is 10.9. The Morgan fingerprint density at radius 2 is 1.65 bits per heavy atom. The van der Waals surface area contributed by atoms with E-state index in [0.29, 0.717) is 32.1 Å². The summed E-state index contributed by atoms with van der Waals surface area (Å²) >= 11 is 6.14. The molecule has 2 aromatic carbocycles. The van der Waals surface area contributed by atoms with Crippen molar-refractivity contribution >= 4 is 33.5 Å². The van der Waals surface area contributed by atoms with Crippen molar-refractivity contribution in [2.75, 3.05) is 32.8 Å². The van der Waals surface area contributed by atoms with Crippen molar-refractivity contribution in [1.82, 2.24) is 9.21 Å². The van der Waals surface area contributed by atoms with Crippen LogP contribution in [0.5, 0.6) is 0 Å². The van der Waals surface area contributed by atoms with E-state index in [4.69, 9.17) is 16.3 Å². The van der Waals surface area contributed by atoms with Crippen molar-refractivity contribution in [3.8, 4) is 0 Å². The molecule has 0 atom stereocenters. The normalized spacial score (nSPS) is 17.6. The number of carbonyl (C=O) groups excluding carboxylic acids is 2. The highest BCUT2D eigenvalue weighted by Crippen LogP contribution is 2.28. The first-order valence-corrected chi connectivity index (χ1v) is 13.4. The van der Waals surface area contributed by atoms with Crippen LogP contribution in [0.3, 0.4) is 0 Å². The minimum absolute atomic E-state index is 0.0524. The lowest BCUT2D eigenvalue weighted by atomic mass is 9.90. The summed E-state index contributed by atoms with van der Waals surface area (Å²) in [6.45, 7) is 1.76. The third-order valence-electron chi connectivity index (χ3n) is 6.51. The van der Waals surface area contributed by atoms with Gasteiger partial charge in [0.1, 0.15) is 4.90 Å². The number of carbonyl (C=O) groups is 2. The van der Waals surface area contributed by atoms with Gasteiger partial charge >= 0.3 is 5.97 Å². The molecule has 34 heavy (non-hydrogen) atoms. The molecule has 0 unspecified atom stereocenters. The lowest BCUT2D eigenvalue weighted by Crippen LogP contribution is -2.41. The zero-order valence-electron chi connectivity index (χ0n) is 19.0. The van der Waals surface area contributed by atoms with Gasteiger partial charge in [-0.15, -0.1) is 0 Å². The molecule has 2 fully saturated rings. The third-order valence-corrected chi connectivity index (χ3v) is 8.89. The number of rotatable bonds is 7. The molecular formula is C25H29ClN2O5S. The van der Waals surface area contributed by atoms with Gasteiger partial charge in [0.15, 0.2) is 6.61 Å². The number of hydrogen-bond donors (Lipinski definition) is 0. The fraction of sp³-hybridized carbons (Fsp3) is 0.440. The molecule has 2 aliphatic heterocycles. The van der Waals surface area contributed by atoms with E-state index in [9.17, 15) is 18.0 Å². The van der Waals surface area contributed by atoms with Crippen molar-refractivity contribution in [3.05, 3.63) is 64.7 Å². The number of amides is 1. The van der Waals surface area contributed by atoms with E-state index in [1.165, 1.54) is 28.1 Å². The second-order valence-corrected chi connectivity index (χ2v) is 11.2. The Labute approximate surface area is 205 Å². The minimum Gasteiger partial charge on any atom is -0.452 e. The standard InChI is InChI=1S/C25H29ClN2O5S/c26-22-9-8-21(17-23(22)34(31,32)28-12-4-5-13-28)25(30)33-18-24(29)27-14-10-20(11-15-27)16-19-6-2-1-3-7-19/h1-3,6-9,17,20H,4-5,10-16,18H2. The number of nitrogens with zero attached hydrogens (tertiary/aromatic N) is 2. The molecule has 2 saturated heterocycles. The molecule has 0 N–H and O–H groups in total. The summed E-state index contributed by atoms with van der Waals surface area (Å²) in [5, 5.41) is 0.0536. The first-order chi connectivity index (χ1) is 16.3. The Balaban J connectivity index is 1.30. The maximum atomic E-state index is 12.9. The molecule has 1 amide bonds. The van der Waals surface area contributed by atoms with Gasteiger partial charge in [0.05, 0.1) is 10.6 Å². The number of ether oxygens (including phenoxy) is 1. The highest BCUT2D eigenvalue weighted by molar-refractivity contribution is 7.89. The minimum atomic E-state index is -3.78. The van der Waals surface area contributed by atoms with Gasteiger partial charge in [-0.25, -0.2) is 13.2 Å². The topological polar surface area (TPSA) is 84.0 Å². The second-order valence-electron chi connectivity index (χ2n) is 8.85. The number of hydrogen-bond acceptors (Lipinski definition) is 5. The van der Waals surface area contributed by atoms with Crippen molar-refractivity contribution in [1.29, 1.82) is 0 Å². The SMILES string of the molecule is O=C(OCC(=O)N1CCC(Cc2ccccc2)CC1)c1ccc(Cl)c(S(=O)(=O)N2CCCC2)c1. The van der Waals surface area contributed by atoms with Crippen LogP contribution >= 0.6 is 11.6 Å². The fourth-order valence-electron chi connectivity index (χ4n) is 4.53. The first-order valence-electron chi connectivity index (χ1n) is 11.6. The molecule has 0 bridgehead atoms. The van der Waals surface area contributed by atoms with Crippen molar-refractivity contribution in [3.63, 3.8) is 0 Å². The molecule has 182 valence electrons. The number of piperidine rings is 1. The first kappa shape index (κ1) is 24.7. The van der Waals surface area contributed by atoms with Crippen LogP contribution in [0.1, 0.15) is 41.6 Å². The maximum absolute atomic E-state index is 12.9. The predicted octanol–water partition coefficient (Wildman–Crippen LogP) is 3.76. The number of benzene rings is 2. The van der Waals surface area contributed by atoms with Gasteiger partial charge in [-0.1, -0.05) is 41.9 Å². The molecule has 0 aromatic heterocycles. The molecule has 0 saturated carbocycles. The van der Waals surface area contributed by atoms with E-state index in [1.807, 2.05) is 18.2 Å². The summed E-state index contributed by atoms with van der Waals surface area (Å²) in [4.78, 5) is 26.7. The van der Waals surface area contributed by atoms with Crippen LogP contribution in [-0.2, 0) is 26.0 Å². The van der Waals surface area contributed by atoms with E-state index in [1.54, 1.807) is 4.90 Å². The van der Waals surface area contributed by atoms with E-state index in [2.05, 4.69) is 12.1 Å². The van der Waals surface area contributed by atoms with Gasteiger partial charge in [0, 0.05) is 26.2 Å². The van der Waals surface area contributed by atoms with Crippen molar-refractivity contribution in [2.45, 2.75) is 37.0 Å². The van der Waals surface area contributed by atoms with Gasteiger partial charge in [-0.3, -0.25) is 4.79 Å². The van der Waals surface area contributed by atoms with Crippen LogP contribution in [0, 0.1) is 5.92 Å². The van der Waals surface area contributed by atoms with E-state index >= 15 is 0 Å². The Morgan fingerprint density at radius 1 is 0.971 bits per heavy atom. The fourth-order valence-corrected chi connectivity index (χ4v) is 6.55. The Morgan fingerprint density at radius 3 is 2.32 bits per heavy atom. The zero-order valence-corrected chi connectivity index (χ0v) is 20.6. The van der Waals surface area contributed by atoms with Gasteiger partial charge < -0.3 is 9.64 Å². The monoisotopic (exact) mass is 504 g/mol. The summed E-state index contributed by atoms with van der Waals surface area (Å²) in [7, 11) is -3.78. The van der Waals surface area contributed by atoms with Gasteiger partial charge in [-0.2, -0.15) is 4.31 Å². The molecule has 2 aliphatic rings. The Kier molecular flexibility index (Phi) is 7.91. The van der Waals surface area contributed by atoms with Crippen LogP contribution in [0.2, 0.25) is 5.02 Å². The van der Waals surface area contributed by atoms with Crippen molar-refractivity contribution < 1.29 is 22.7 Å². The van der Waals surface area contributed by atoms with Crippen LogP contribution in [0.15, 0.2) is 53.4 Å². The summed E-state index contributed by atoms with van der Waals surface area (Å²) in [5.41, 5.74) is 1.35. The summed E-state index contributed by atoms with van der Waals surface area (Å²) < 4.78 is 32.3. The van der Waals surface area contributed by atoms with Crippen LogP contribution < -0.4 is 0 Å². The van der Waals surface area contributed by atoms with E-state index in [-0.39, 0.29) is 28.0 Å². The predicted molar refractivity (Wildman–Crippen MR) is 129 cm³/mol. The maximum Gasteiger partial charge on any atom is 0.338 e. The number of halogens is 1.